The van der Waals surface area contributed by atoms with Gasteiger partial charge in [0, 0.05) is 18.1 Å². The third kappa shape index (κ3) is 6.17. The molecule has 33 heavy (non-hydrogen) atoms. The Labute approximate surface area is 196 Å². The molecule has 0 bridgehead atoms. The first-order valence-electron chi connectivity index (χ1n) is 10.2. The van der Waals surface area contributed by atoms with Crippen LogP contribution in [0.15, 0.2) is 47.8 Å². The van der Waals surface area contributed by atoms with Gasteiger partial charge in [-0.3, -0.25) is 9.69 Å². The van der Waals surface area contributed by atoms with E-state index in [1.54, 1.807) is 29.6 Å². The molecular weight excluding hydrogens is 442 g/mol. The van der Waals surface area contributed by atoms with Crippen LogP contribution >= 0.6 is 11.3 Å². The Hall–Kier alpha value is -3.72. The lowest BCUT2D eigenvalue weighted by Gasteiger charge is -2.18. The van der Waals surface area contributed by atoms with Crippen LogP contribution in [0.25, 0.3) is 0 Å². The Balaban J connectivity index is 1.59. The molecule has 0 unspecified atom stereocenters. The van der Waals surface area contributed by atoms with Crippen molar-refractivity contribution in [3.63, 3.8) is 0 Å². The van der Waals surface area contributed by atoms with Gasteiger partial charge < -0.3 is 14.8 Å². The number of methoxy groups -OCH3 is 1. The number of anilines is 2. The lowest BCUT2D eigenvalue weighted by atomic mass is 10.1. The number of carbonyl (C=O) groups excluding carboxylic acids is 3. The number of amides is 2. The smallest absolute Gasteiger partial charge is 0.413 e. The van der Waals surface area contributed by atoms with E-state index in [0.29, 0.717) is 16.4 Å². The lowest BCUT2D eigenvalue weighted by molar-refractivity contribution is -0.115. The molecule has 3 rings (SSSR count). The van der Waals surface area contributed by atoms with E-state index in [4.69, 9.17) is 9.47 Å². The Morgan fingerprint density at radius 2 is 1.88 bits per heavy atom. The quantitative estimate of drug-likeness (QED) is 0.514. The molecule has 3 aromatic rings. The Morgan fingerprint density at radius 3 is 2.64 bits per heavy atom. The van der Waals surface area contributed by atoms with E-state index in [1.165, 1.54) is 30.4 Å². The highest BCUT2D eigenvalue weighted by Gasteiger charge is 2.20. The molecule has 0 spiro atoms. The summed E-state index contributed by atoms with van der Waals surface area (Å²) in [6, 6.07) is 12.5. The van der Waals surface area contributed by atoms with Gasteiger partial charge >= 0.3 is 12.1 Å². The van der Waals surface area contributed by atoms with Gasteiger partial charge in [0.2, 0.25) is 5.91 Å². The Bertz CT molecular complexity index is 1170. The number of esters is 1. The number of nitrogens with zero attached hydrogens (tertiary/aromatic N) is 2. The number of para-hydroxylation sites is 1. The predicted molar refractivity (Wildman–Crippen MR) is 127 cm³/mol. The monoisotopic (exact) mass is 467 g/mol. The summed E-state index contributed by atoms with van der Waals surface area (Å²) in [5.41, 5.74) is 3.97. The zero-order valence-corrected chi connectivity index (χ0v) is 19.7. The van der Waals surface area contributed by atoms with Crippen molar-refractivity contribution in [2.24, 2.45) is 0 Å². The van der Waals surface area contributed by atoms with Gasteiger partial charge in [-0.25, -0.2) is 14.6 Å². The first kappa shape index (κ1) is 23.9. The zero-order valence-electron chi connectivity index (χ0n) is 18.9. The van der Waals surface area contributed by atoms with Crippen molar-refractivity contribution in [2.45, 2.75) is 26.9 Å². The molecule has 0 aliphatic rings. The number of nitrogens with one attached hydrogen (secondary N) is 1. The average molecular weight is 468 g/mol. The fourth-order valence-electron chi connectivity index (χ4n) is 3.09. The van der Waals surface area contributed by atoms with E-state index in [-0.39, 0.29) is 24.5 Å². The topological polar surface area (TPSA) is 97.8 Å². The van der Waals surface area contributed by atoms with Gasteiger partial charge in [-0.05, 0) is 43.2 Å². The van der Waals surface area contributed by atoms with E-state index in [0.717, 1.165) is 16.8 Å². The normalized spacial score (nSPS) is 10.4. The highest BCUT2D eigenvalue weighted by molar-refractivity contribution is 7.09. The van der Waals surface area contributed by atoms with Crippen molar-refractivity contribution in [3.8, 4) is 0 Å². The Morgan fingerprint density at radius 1 is 1.12 bits per heavy atom. The molecule has 2 amide bonds. The van der Waals surface area contributed by atoms with Crippen molar-refractivity contribution in [3.05, 3.63) is 75.2 Å². The first-order chi connectivity index (χ1) is 15.8. The molecule has 0 fully saturated rings. The summed E-state index contributed by atoms with van der Waals surface area (Å²) >= 11 is 1.33. The second-order valence-corrected chi connectivity index (χ2v) is 8.34. The van der Waals surface area contributed by atoms with Gasteiger partial charge in [-0.15, -0.1) is 11.3 Å². The molecular formula is C24H25N3O5S. The highest BCUT2D eigenvalue weighted by Crippen LogP contribution is 2.22. The number of aromatic nitrogens is 1. The van der Waals surface area contributed by atoms with Crippen molar-refractivity contribution in [1.82, 2.24) is 4.98 Å². The average Bonchev–Trinajstić information content (AvgIpc) is 3.25. The molecule has 1 heterocycles. The summed E-state index contributed by atoms with van der Waals surface area (Å²) in [4.78, 5) is 42.5. The fraction of sp³-hybridized carbons (Fsp3) is 0.250. The van der Waals surface area contributed by atoms with Crippen LogP contribution in [-0.4, -0.2) is 37.1 Å². The van der Waals surface area contributed by atoms with Crippen LogP contribution < -0.4 is 10.2 Å². The third-order valence-corrected chi connectivity index (χ3v) is 5.76. The van der Waals surface area contributed by atoms with Crippen molar-refractivity contribution >= 4 is 40.7 Å². The second kappa shape index (κ2) is 10.7. The first-order valence-corrected chi connectivity index (χ1v) is 11.0. The van der Waals surface area contributed by atoms with E-state index in [2.05, 4.69) is 10.3 Å². The number of benzene rings is 2. The third-order valence-electron chi connectivity index (χ3n) is 4.86. The van der Waals surface area contributed by atoms with Gasteiger partial charge in [0.1, 0.15) is 11.6 Å². The minimum absolute atomic E-state index is 0.0514. The van der Waals surface area contributed by atoms with E-state index >= 15 is 0 Å². The number of rotatable bonds is 7. The van der Waals surface area contributed by atoms with Crippen LogP contribution in [0.4, 0.5) is 16.2 Å². The minimum atomic E-state index is -0.599. The van der Waals surface area contributed by atoms with Crippen molar-refractivity contribution < 1.29 is 23.9 Å². The maximum Gasteiger partial charge on any atom is 0.413 e. The van der Waals surface area contributed by atoms with Gasteiger partial charge in [-0.1, -0.05) is 24.3 Å². The molecule has 0 atom stereocenters. The second-order valence-electron chi connectivity index (χ2n) is 7.40. The van der Waals surface area contributed by atoms with E-state index in [9.17, 15) is 14.4 Å². The van der Waals surface area contributed by atoms with Gasteiger partial charge in [0.15, 0.2) is 0 Å². The largest absolute Gasteiger partial charge is 0.455 e. The summed E-state index contributed by atoms with van der Waals surface area (Å²) < 4.78 is 10.1. The van der Waals surface area contributed by atoms with Crippen LogP contribution in [0.3, 0.4) is 0 Å². The van der Waals surface area contributed by atoms with Gasteiger partial charge in [0.05, 0.1) is 30.5 Å². The Kier molecular flexibility index (Phi) is 7.78. The molecule has 0 aliphatic heterocycles. The maximum atomic E-state index is 12.6. The van der Waals surface area contributed by atoms with Gasteiger partial charge in [0.25, 0.3) is 0 Å². The minimum Gasteiger partial charge on any atom is -0.455 e. The van der Waals surface area contributed by atoms with Crippen molar-refractivity contribution in [2.75, 3.05) is 24.4 Å². The van der Waals surface area contributed by atoms with Crippen LogP contribution in [0.1, 0.15) is 32.2 Å². The van der Waals surface area contributed by atoms with E-state index in [1.807, 2.05) is 32.0 Å². The van der Waals surface area contributed by atoms with Crippen LogP contribution in [0, 0.1) is 13.8 Å². The summed E-state index contributed by atoms with van der Waals surface area (Å²) in [6.45, 7) is 3.85. The molecule has 0 radical (unpaired) electrons. The maximum absolute atomic E-state index is 12.6. The lowest BCUT2D eigenvalue weighted by Crippen LogP contribution is -2.27. The molecule has 1 N–H and O–H groups in total. The number of hydrogen-bond acceptors (Lipinski definition) is 7. The van der Waals surface area contributed by atoms with Crippen molar-refractivity contribution in [1.29, 1.82) is 0 Å². The fourth-order valence-corrected chi connectivity index (χ4v) is 3.87. The van der Waals surface area contributed by atoms with Gasteiger partial charge in [-0.2, -0.15) is 0 Å². The number of aryl methyl sites for hydroxylation is 2. The SMILES string of the molecule is COC(=O)N(C)c1ccccc1C(=O)OCc1csc(CC(=O)Nc2cc(C)ccc2C)n1. The summed E-state index contributed by atoms with van der Waals surface area (Å²) in [6.07, 6.45) is -0.475. The van der Waals surface area contributed by atoms with E-state index < -0.39 is 12.1 Å². The molecule has 8 nitrogen and oxygen atoms in total. The molecule has 1 aromatic heterocycles. The highest BCUT2D eigenvalue weighted by atomic mass is 32.1. The van der Waals surface area contributed by atoms with Crippen LogP contribution in [0.5, 0.6) is 0 Å². The molecule has 0 saturated carbocycles. The zero-order chi connectivity index (χ0) is 24.0. The summed E-state index contributed by atoms with van der Waals surface area (Å²) in [5, 5.41) is 5.28. The van der Waals surface area contributed by atoms with Crippen LogP contribution in [0.2, 0.25) is 0 Å². The van der Waals surface area contributed by atoms with Crippen LogP contribution in [-0.2, 0) is 27.3 Å². The molecule has 0 saturated heterocycles. The number of carbonyl (C=O) groups is 3. The molecule has 172 valence electrons. The number of ether oxygens (including phenoxy) is 2. The summed E-state index contributed by atoms with van der Waals surface area (Å²) in [5.74, 6) is -0.759. The molecule has 2 aromatic carbocycles. The molecule has 0 aliphatic carbocycles. The summed E-state index contributed by atoms with van der Waals surface area (Å²) in [7, 11) is 2.77. The molecule has 9 heteroatoms. The number of thiazole rings is 1. The standard InChI is InChI=1S/C24H25N3O5S/c1-15-9-10-16(2)19(11-15)26-21(28)12-22-25-17(14-33-22)13-32-23(29)18-7-5-6-8-20(18)27(3)24(30)31-4/h5-11,14H,12-13H2,1-4H3,(H,26,28). The predicted octanol–water partition coefficient (Wildman–Crippen LogP) is 4.50. The number of hydrogen-bond donors (Lipinski definition) is 1.